The molecule has 2 heteroatoms. The summed E-state index contributed by atoms with van der Waals surface area (Å²) in [6.45, 7) is 9.44. The van der Waals surface area contributed by atoms with Crippen molar-refractivity contribution in [1.29, 1.82) is 0 Å². The lowest BCUT2D eigenvalue weighted by Crippen LogP contribution is -2.29. The summed E-state index contributed by atoms with van der Waals surface area (Å²) in [6, 6.07) is 0. The lowest BCUT2D eigenvalue weighted by atomic mass is 10.3. The molecule has 0 aromatic heterocycles. The van der Waals surface area contributed by atoms with E-state index in [1.807, 2.05) is 0 Å². The van der Waals surface area contributed by atoms with Crippen LogP contribution in [0.2, 0.25) is 0 Å². The zero-order valence-corrected chi connectivity index (χ0v) is 13.3. The fraction of sp³-hybridized carbons (Fsp3) is 1.00. The monoisotopic (exact) mass is 259 g/mol. The minimum Gasteiger partial charge on any atom is -0.317 e. The van der Waals surface area contributed by atoms with Crippen molar-refractivity contribution in [2.45, 2.75) is 65.7 Å². The molecule has 0 radical (unpaired) electrons. The van der Waals surface area contributed by atoms with Crippen molar-refractivity contribution in [3.8, 4) is 0 Å². The minimum atomic E-state index is 0.422. The van der Waals surface area contributed by atoms with E-state index in [2.05, 4.69) is 26.1 Å². The highest BCUT2D eigenvalue weighted by Crippen LogP contribution is 2.38. The molecule has 0 saturated carbocycles. The second-order valence-corrected chi connectivity index (χ2v) is 7.69. The first-order valence-corrected chi connectivity index (χ1v) is 9.67. The molecule has 1 nitrogen and oxygen atoms in total. The Balaban J connectivity index is 0.000000529. The van der Waals surface area contributed by atoms with Crippen LogP contribution in [0, 0.1) is 0 Å². The molecule has 1 saturated heterocycles. The van der Waals surface area contributed by atoms with Gasteiger partial charge in [-0.25, -0.2) is 0 Å². The van der Waals surface area contributed by atoms with Crippen molar-refractivity contribution < 1.29 is 0 Å². The zero-order valence-electron chi connectivity index (χ0n) is 12.4. The topological polar surface area (TPSA) is 12.0 Å². The number of hydrogen-bond donors (Lipinski definition) is 1. The number of rotatable bonds is 9. The SMILES string of the molecule is C1CNC1.CCCCP(CCCC)CCCC. The third kappa shape index (κ3) is 12.6. The van der Waals surface area contributed by atoms with Crippen LogP contribution in [0.3, 0.4) is 0 Å². The molecular formula is C15H34NP. The van der Waals surface area contributed by atoms with Crippen LogP contribution in [0.5, 0.6) is 0 Å². The Kier molecular flexibility index (Phi) is 14.8. The first-order chi connectivity index (χ1) is 8.35. The molecule has 1 heterocycles. The fourth-order valence-corrected chi connectivity index (χ4v) is 4.62. The molecule has 104 valence electrons. The van der Waals surface area contributed by atoms with E-state index in [0.717, 1.165) is 0 Å². The molecule has 0 spiro atoms. The summed E-state index contributed by atoms with van der Waals surface area (Å²) in [4.78, 5) is 0. The fourth-order valence-electron chi connectivity index (χ4n) is 1.66. The highest BCUT2D eigenvalue weighted by Gasteiger charge is 2.05. The van der Waals surface area contributed by atoms with Gasteiger partial charge in [-0.1, -0.05) is 40.0 Å². The maximum Gasteiger partial charge on any atom is -0.00368 e. The Labute approximate surface area is 111 Å². The first-order valence-electron chi connectivity index (χ1n) is 7.78. The molecule has 0 aromatic carbocycles. The van der Waals surface area contributed by atoms with Crippen molar-refractivity contribution in [3.05, 3.63) is 0 Å². The molecule has 0 bridgehead atoms. The van der Waals surface area contributed by atoms with Crippen molar-refractivity contribution >= 4 is 7.92 Å². The van der Waals surface area contributed by atoms with Crippen molar-refractivity contribution in [2.24, 2.45) is 0 Å². The van der Waals surface area contributed by atoms with Crippen molar-refractivity contribution in [1.82, 2.24) is 5.32 Å². The molecule has 17 heavy (non-hydrogen) atoms. The van der Waals surface area contributed by atoms with Crippen LogP contribution in [0.4, 0.5) is 0 Å². The van der Waals surface area contributed by atoms with Gasteiger partial charge < -0.3 is 5.32 Å². The predicted octanol–water partition coefficient (Wildman–Crippen LogP) is 4.85. The zero-order chi connectivity index (χ0) is 12.8. The van der Waals surface area contributed by atoms with Crippen LogP contribution >= 0.6 is 7.92 Å². The largest absolute Gasteiger partial charge is 0.317 e. The summed E-state index contributed by atoms with van der Waals surface area (Å²) in [6.07, 6.45) is 14.6. The average molecular weight is 259 g/mol. The van der Waals surface area contributed by atoms with Gasteiger partial charge in [0.05, 0.1) is 0 Å². The van der Waals surface area contributed by atoms with Crippen LogP contribution in [0.1, 0.15) is 65.7 Å². The Morgan fingerprint density at radius 1 is 0.765 bits per heavy atom. The summed E-state index contributed by atoms with van der Waals surface area (Å²) < 4.78 is 0. The van der Waals surface area contributed by atoms with Gasteiger partial charge in [0.15, 0.2) is 0 Å². The highest BCUT2D eigenvalue weighted by atomic mass is 31.1. The van der Waals surface area contributed by atoms with Gasteiger partial charge in [0.2, 0.25) is 0 Å². The molecule has 0 unspecified atom stereocenters. The average Bonchev–Trinajstić information content (AvgIpc) is 2.26. The Morgan fingerprint density at radius 2 is 1.06 bits per heavy atom. The number of unbranched alkanes of at least 4 members (excludes halogenated alkanes) is 3. The molecule has 1 aliphatic rings. The minimum absolute atomic E-state index is 0.422. The van der Waals surface area contributed by atoms with E-state index in [4.69, 9.17) is 0 Å². The second kappa shape index (κ2) is 14.5. The molecule has 0 atom stereocenters. The lowest BCUT2D eigenvalue weighted by Gasteiger charge is -2.16. The van der Waals surface area contributed by atoms with E-state index in [9.17, 15) is 0 Å². The van der Waals surface area contributed by atoms with Gasteiger partial charge in [0, 0.05) is 0 Å². The molecule has 1 fully saturated rings. The van der Waals surface area contributed by atoms with Crippen LogP contribution in [0.15, 0.2) is 0 Å². The van der Waals surface area contributed by atoms with Gasteiger partial charge in [0.1, 0.15) is 0 Å². The molecule has 1 rings (SSSR count). The van der Waals surface area contributed by atoms with E-state index < -0.39 is 0 Å². The van der Waals surface area contributed by atoms with Crippen LogP contribution in [-0.4, -0.2) is 31.6 Å². The molecule has 0 amide bonds. The summed E-state index contributed by atoms with van der Waals surface area (Å²) in [5.41, 5.74) is 0. The maximum absolute atomic E-state index is 3.11. The smallest absolute Gasteiger partial charge is 0.00368 e. The highest BCUT2D eigenvalue weighted by molar-refractivity contribution is 7.57. The number of nitrogens with one attached hydrogen (secondary N) is 1. The van der Waals surface area contributed by atoms with E-state index >= 15 is 0 Å². The molecule has 1 aliphatic heterocycles. The standard InChI is InChI=1S/C12H27P.C3H7N/c1-4-7-10-13(11-8-5-2)12-9-6-3;1-2-4-3-1/h4-12H2,1-3H3;4H,1-3H2. The normalized spacial score (nSPS) is 14.1. The predicted molar refractivity (Wildman–Crippen MR) is 83.7 cm³/mol. The van der Waals surface area contributed by atoms with Gasteiger partial charge in [0.25, 0.3) is 0 Å². The van der Waals surface area contributed by atoms with Crippen LogP contribution in [0.25, 0.3) is 0 Å². The van der Waals surface area contributed by atoms with Crippen LogP contribution < -0.4 is 5.32 Å². The quantitative estimate of drug-likeness (QED) is 0.584. The maximum atomic E-state index is 3.11. The second-order valence-electron chi connectivity index (χ2n) is 5.01. The van der Waals surface area contributed by atoms with Gasteiger partial charge >= 0.3 is 0 Å². The van der Waals surface area contributed by atoms with E-state index in [0.29, 0.717) is 7.92 Å². The van der Waals surface area contributed by atoms with E-state index in [1.165, 1.54) is 58.0 Å². The van der Waals surface area contributed by atoms with Gasteiger partial charge in [-0.15, -0.1) is 7.92 Å². The first kappa shape index (κ1) is 17.4. The molecule has 0 aromatic rings. The third-order valence-corrected chi connectivity index (χ3v) is 6.04. The van der Waals surface area contributed by atoms with Gasteiger partial charge in [-0.3, -0.25) is 0 Å². The van der Waals surface area contributed by atoms with Gasteiger partial charge in [-0.05, 0) is 57.3 Å². The Bertz CT molecular complexity index is 112. The van der Waals surface area contributed by atoms with Gasteiger partial charge in [-0.2, -0.15) is 0 Å². The van der Waals surface area contributed by atoms with E-state index in [-0.39, 0.29) is 0 Å². The summed E-state index contributed by atoms with van der Waals surface area (Å²) >= 11 is 0. The molecular weight excluding hydrogens is 225 g/mol. The Morgan fingerprint density at radius 3 is 1.24 bits per heavy atom. The number of hydrogen-bond acceptors (Lipinski definition) is 1. The summed E-state index contributed by atoms with van der Waals surface area (Å²) in [7, 11) is 0.422. The van der Waals surface area contributed by atoms with E-state index in [1.54, 1.807) is 18.5 Å². The molecule has 0 aliphatic carbocycles. The Hall–Kier alpha value is 0.390. The third-order valence-electron chi connectivity index (χ3n) is 3.19. The molecule has 1 N–H and O–H groups in total. The van der Waals surface area contributed by atoms with Crippen LogP contribution in [-0.2, 0) is 0 Å². The summed E-state index contributed by atoms with van der Waals surface area (Å²) in [5, 5.41) is 3.11. The summed E-state index contributed by atoms with van der Waals surface area (Å²) in [5.74, 6) is 0. The van der Waals surface area contributed by atoms with Crippen molar-refractivity contribution in [3.63, 3.8) is 0 Å². The lowest BCUT2D eigenvalue weighted by molar-refractivity contribution is 0.527. The van der Waals surface area contributed by atoms with Crippen molar-refractivity contribution in [2.75, 3.05) is 31.6 Å².